The maximum atomic E-state index is 13.7. The number of anilines is 1. The minimum atomic E-state index is -0.310. The van der Waals surface area contributed by atoms with E-state index in [1.165, 1.54) is 6.07 Å². The predicted molar refractivity (Wildman–Crippen MR) is 76.8 cm³/mol. The molecule has 3 heteroatoms. The van der Waals surface area contributed by atoms with Crippen LogP contribution in [0.1, 0.15) is 33.1 Å². The van der Waals surface area contributed by atoms with Crippen molar-refractivity contribution in [3.05, 3.63) is 30.1 Å². The lowest BCUT2D eigenvalue weighted by molar-refractivity contribution is -0.0290. The van der Waals surface area contributed by atoms with Gasteiger partial charge in [0.25, 0.3) is 0 Å². The lowest BCUT2D eigenvalue weighted by Crippen LogP contribution is -2.44. The van der Waals surface area contributed by atoms with Gasteiger partial charge >= 0.3 is 0 Å². The van der Waals surface area contributed by atoms with Crippen molar-refractivity contribution in [2.45, 2.75) is 39.2 Å². The van der Waals surface area contributed by atoms with E-state index < -0.39 is 0 Å². The molecule has 0 heterocycles. The molecular weight excluding hydrogens is 241 g/mol. The van der Waals surface area contributed by atoms with Crippen LogP contribution in [0.3, 0.4) is 0 Å². The van der Waals surface area contributed by atoms with Crippen LogP contribution in [0.5, 0.6) is 0 Å². The maximum Gasteiger partial charge on any atom is 0.146 e. The third kappa shape index (κ3) is 3.08. The van der Waals surface area contributed by atoms with Crippen molar-refractivity contribution in [3.8, 4) is 0 Å². The number of hydrogen-bond acceptors (Lipinski definition) is 2. The van der Waals surface area contributed by atoms with Crippen LogP contribution in [-0.2, 0) is 0 Å². The molecule has 19 heavy (non-hydrogen) atoms. The highest BCUT2D eigenvalue weighted by Crippen LogP contribution is 2.39. The molecule has 0 saturated heterocycles. The number of rotatable bonds is 3. The Bertz CT molecular complexity index is 433. The van der Waals surface area contributed by atoms with E-state index in [-0.39, 0.29) is 23.3 Å². The van der Waals surface area contributed by atoms with E-state index in [0.717, 1.165) is 19.3 Å². The number of aliphatic hydroxyl groups excluding tert-OH is 1. The second-order valence-corrected chi connectivity index (χ2v) is 6.42. The zero-order valence-corrected chi connectivity index (χ0v) is 12.1. The largest absolute Gasteiger partial charge is 0.392 e. The molecule has 0 aromatic heterocycles. The molecule has 1 aliphatic rings. The molecule has 0 radical (unpaired) electrons. The van der Waals surface area contributed by atoms with Gasteiger partial charge in [0.05, 0.1) is 11.8 Å². The topological polar surface area (TPSA) is 23.5 Å². The summed E-state index contributed by atoms with van der Waals surface area (Å²) in [5.74, 6) is 0.0166. The Kier molecular flexibility index (Phi) is 4.14. The van der Waals surface area contributed by atoms with Gasteiger partial charge in [0.15, 0.2) is 0 Å². The van der Waals surface area contributed by atoms with Gasteiger partial charge in [-0.05, 0) is 30.4 Å². The van der Waals surface area contributed by atoms with Crippen molar-refractivity contribution in [3.63, 3.8) is 0 Å². The first-order valence-corrected chi connectivity index (χ1v) is 7.05. The number of halogens is 1. The second-order valence-electron chi connectivity index (χ2n) is 6.42. The third-order valence-corrected chi connectivity index (χ3v) is 4.42. The van der Waals surface area contributed by atoms with Gasteiger partial charge in [0, 0.05) is 19.5 Å². The highest BCUT2D eigenvalue weighted by atomic mass is 19.1. The lowest BCUT2D eigenvalue weighted by atomic mass is 9.69. The molecule has 2 rings (SSSR count). The maximum absolute atomic E-state index is 13.7. The molecular formula is C16H24FNO. The zero-order chi connectivity index (χ0) is 14.0. The van der Waals surface area contributed by atoms with Gasteiger partial charge < -0.3 is 10.0 Å². The summed E-state index contributed by atoms with van der Waals surface area (Å²) >= 11 is 0. The molecule has 1 aromatic carbocycles. The fourth-order valence-corrected chi connectivity index (χ4v) is 3.17. The van der Waals surface area contributed by atoms with Crippen molar-refractivity contribution >= 4 is 5.69 Å². The molecule has 2 atom stereocenters. The Hall–Kier alpha value is -1.09. The Labute approximate surface area is 115 Å². The first-order chi connectivity index (χ1) is 8.92. The lowest BCUT2D eigenvalue weighted by Gasteiger charge is -2.42. The molecule has 2 unspecified atom stereocenters. The molecule has 1 aliphatic carbocycles. The molecule has 106 valence electrons. The smallest absolute Gasteiger partial charge is 0.146 e. The van der Waals surface area contributed by atoms with Crippen molar-refractivity contribution in [2.75, 3.05) is 18.5 Å². The third-order valence-electron chi connectivity index (χ3n) is 4.42. The average Bonchev–Trinajstić information content (AvgIpc) is 2.35. The van der Waals surface area contributed by atoms with E-state index in [0.29, 0.717) is 12.2 Å². The summed E-state index contributed by atoms with van der Waals surface area (Å²) in [5, 5.41) is 10.4. The number of benzene rings is 1. The van der Waals surface area contributed by atoms with Crippen molar-refractivity contribution in [1.29, 1.82) is 0 Å². The number of hydrogen-bond donors (Lipinski definition) is 1. The van der Waals surface area contributed by atoms with E-state index in [9.17, 15) is 9.50 Å². The Morgan fingerprint density at radius 1 is 1.37 bits per heavy atom. The summed E-state index contributed by atoms with van der Waals surface area (Å²) in [4.78, 5) is 1.92. The van der Waals surface area contributed by atoms with Crippen LogP contribution in [0.2, 0.25) is 0 Å². The van der Waals surface area contributed by atoms with E-state index in [2.05, 4.69) is 13.8 Å². The number of aliphatic hydroxyl groups is 1. The van der Waals surface area contributed by atoms with Crippen molar-refractivity contribution in [2.24, 2.45) is 11.3 Å². The molecule has 2 nitrogen and oxygen atoms in total. The number of para-hydroxylation sites is 1. The van der Waals surface area contributed by atoms with Crippen LogP contribution in [0.25, 0.3) is 0 Å². The summed E-state index contributed by atoms with van der Waals surface area (Å²) in [7, 11) is 1.90. The fourth-order valence-electron chi connectivity index (χ4n) is 3.17. The Morgan fingerprint density at radius 3 is 2.74 bits per heavy atom. The summed E-state index contributed by atoms with van der Waals surface area (Å²) in [6, 6.07) is 6.81. The first-order valence-electron chi connectivity index (χ1n) is 7.05. The van der Waals surface area contributed by atoms with Gasteiger partial charge in [0.1, 0.15) is 5.82 Å². The van der Waals surface area contributed by atoms with E-state index in [1.54, 1.807) is 12.1 Å². The average molecular weight is 265 g/mol. The van der Waals surface area contributed by atoms with Crippen LogP contribution in [0.4, 0.5) is 10.1 Å². The predicted octanol–water partition coefficient (Wildman–Crippen LogP) is 3.45. The van der Waals surface area contributed by atoms with Crippen LogP contribution in [0.15, 0.2) is 24.3 Å². The standard InChI is InChI=1S/C16H24FNO/c1-16(2)10-6-7-12(15(16)19)11-18(3)14-9-5-4-8-13(14)17/h4-5,8-9,12,15,19H,6-7,10-11H2,1-3H3. The molecule has 1 saturated carbocycles. The van der Waals surface area contributed by atoms with Crippen molar-refractivity contribution < 1.29 is 9.50 Å². The van der Waals surface area contributed by atoms with Crippen LogP contribution < -0.4 is 4.90 Å². The van der Waals surface area contributed by atoms with E-state index >= 15 is 0 Å². The van der Waals surface area contributed by atoms with Crippen LogP contribution in [-0.4, -0.2) is 24.8 Å². The summed E-state index contributed by atoms with van der Waals surface area (Å²) in [6.07, 6.45) is 2.91. The van der Waals surface area contributed by atoms with Crippen LogP contribution >= 0.6 is 0 Å². The molecule has 0 bridgehead atoms. The van der Waals surface area contributed by atoms with Crippen molar-refractivity contribution in [1.82, 2.24) is 0 Å². The van der Waals surface area contributed by atoms with Gasteiger partial charge in [-0.1, -0.05) is 32.4 Å². The summed E-state index contributed by atoms with van der Waals surface area (Å²) in [6.45, 7) is 4.94. The first kappa shape index (κ1) is 14.3. The molecule has 1 N–H and O–H groups in total. The summed E-state index contributed by atoms with van der Waals surface area (Å²) < 4.78 is 13.7. The Balaban J connectivity index is 2.07. The quantitative estimate of drug-likeness (QED) is 0.905. The Morgan fingerprint density at radius 2 is 2.05 bits per heavy atom. The van der Waals surface area contributed by atoms with Gasteiger partial charge in [0.2, 0.25) is 0 Å². The number of nitrogens with zero attached hydrogens (tertiary/aromatic N) is 1. The van der Waals surface area contributed by atoms with Gasteiger partial charge in [-0.15, -0.1) is 0 Å². The monoisotopic (exact) mass is 265 g/mol. The van der Waals surface area contributed by atoms with Gasteiger partial charge in [-0.2, -0.15) is 0 Å². The highest BCUT2D eigenvalue weighted by molar-refractivity contribution is 5.46. The minimum Gasteiger partial charge on any atom is -0.392 e. The molecule has 0 amide bonds. The molecule has 1 aromatic rings. The van der Waals surface area contributed by atoms with E-state index in [1.807, 2.05) is 18.0 Å². The second kappa shape index (κ2) is 5.49. The molecule has 1 fully saturated rings. The van der Waals surface area contributed by atoms with E-state index in [4.69, 9.17) is 0 Å². The zero-order valence-electron chi connectivity index (χ0n) is 12.1. The fraction of sp³-hybridized carbons (Fsp3) is 0.625. The molecule has 0 aliphatic heterocycles. The van der Waals surface area contributed by atoms with Gasteiger partial charge in [-0.25, -0.2) is 4.39 Å². The van der Waals surface area contributed by atoms with Crippen LogP contribution in [0, 0.1) is 17.2 Å². The minimum absolute atomic E-state index is 0.0288. The summed E-state index contributed by atoms with van der Waals surface area (Å²) in [5.41, 5.74) is 0.581. The highest BCUT2D eigenvalue weighted by Gasteiger charge is 2.38. The SMILES string of the molecule is CN(CC1CCCC(C)(C)C1O)c1ccccc1F. The van der Waals surface area contributed by atoms with Gasteiger partial charge in [-0.3, -0.25) is 0 Å². The molecule has 0 spiro atoms. The normalized spacial score (nSPS) is 26.2.